The van der Waals surface area contributed by atoms with Crippen LogP contribution in [-0.2, 0) is 11.8 Å². The summed E-state index contributed by atoms with van der Waals surface area (Å²) < 4.78 is 1.43. The van der Waals surface area contributed by atoms with Crippen molar-refractivity contribution in [2.45, 2.75) is 6.92 Å². The fourth-order valence-electron chi connectivity index (χ4n) is 2.01. The van der Waals surface area contributed by atoms with Gasteiger partial charge in [-0.05, 0) is 31.2 Å². The summed E-state index contributed by atoms with van der Waals surface area (Å²) in [6, 6.07) is 8.11. The molecule has 0 aliphatic rings. The van der Waals surface area contributed by atoms with Gasteiger partial charge in [0.05, 0.1) is 5.69 Å². The average Bonchev–Trinajstić information content (AvgIpc) is 2.74. The molecular formula is C14H14ClN3O3. The van der Waals surface area contributed by atoms with Crippen molar-refractivity contribution in [2.24, 2.45) is 7.05 Å². The number of halogens is 1. The first kappa shape index (κ1) is 15.1. The summed E-state index contributed by atoms with van der Waals surface area (Å²) in [5, 5.41) is 13.6. The van der Waals surface area contributed by atoms with Crippen LogP contribution in [0.1, 0.15) is 16.2 Å². The number of amides is 1. The van der Waals surface area contributed by atoms with Crippen molar-refractivity contribution in [1.29, 1.82) is 0 Å². The van der Waals surface area contributed by atoms with E-state index in [-0.39, 0.29) is 0 Å². The van der Waals surface area contributed by atoms with Crippen molar-refractivity contribution in [3.05, 3.63) is 46.7 Å². The lowest BCUT2D eigenvalue weighted by atomic mass is 10.2. The second-order valence-electron chi connectivity index (χ2n) is 4.56. The van der Waals surface area contributed by atoms with E-state index >= 15 is 0 Å². The Hall–Kier alpha value is -2.34. The standard InChI is InChI=1S/C14H14ClN3O3/c1-9-6-12(17(2)16-9)14(21)18(8-13(19)20)11-5-3-4-10(15)7-11/h3-7H,8H2,1-2H3,(H,19,20). The average molecular weight is 308 g/mol. The van der Waals surface area contributed by atoms with Gasteiger partial charge in [0.2, 0.25) is 0 Å². The molecule has 1 aromatic carbocycles. The number of hydrogen-bond donors (Lipinski definition) is 1. The predicted octanol–water partition coefficient (Wildman–Crippen LogP) is 2.11. The van der Waals surface area contributed by atoms with E-state index in [2.05, 4.69) is 5.10 Å². The molecule has 6 nitrogen and oxygen atoms in total. The molecule has 7 heteroatoms. The molecule has 0 aliphatic heterocycles. The van der Waals surface area contributed by atoms with Gasteiger partial charge in [0, 0.05) is 17.8 Å². The van der Waals surface area contributed by atoms with Gasteiger partial charge >= 0.3 is 5.97 Å². The van der Waals surface area contributed by atoms with Crippen molar-refractivity contribution < 1.29 is 14.7 Å². The van der Waals surface area contributed by atoms with E-state index in [1.54, 1.807) is 44.3 Å². The van der Waals surface area contributed by atoms with Crippen LogP contribution in [0.25, 0.3) is 0 Å². The Morgan fingerprint density at radius 2 is 2.10 bits per heavy atom. The minimum absolute atomic E-state index is 0.314. The molecule has 0 atom stereocenters. The number of aryl methyl sites for hydroxylation is 2. The monoisotopic (exact) mass is 307 g/mol. The summed E-state index contributed by atoms with van der Waals surface area (Å²) in [5.41, 5.74) is 1.42. The van der Waals surface area contributed by atoms with Gasteiger partial charge in [-0.25, -0.2) is 0 Å². The first-order valence-corrected chi connectivity index (χ1v) is 6.56. The van der Waals surface area contributed by atoms with E-state index in [0.29, 0.717) is 22.1 Å². The molecule has 0 saturated carbocycles. The Balaban J connectivity index is 2.43. The van der Waals surface area contributed by atoms with Crippen molar-refractivity contribution in [2.75, 3.05) is 11.4 Å². The van der Waals surface area contributed by atoms with Crippen LogP contribution in [0.5, 0.6) is 0 Å². The van der Waals surface area contributed by atoms with Gasteiger partial charge in [0.25, 0.3) is 5.91 Å². The fraction of sp³-hybridized carbons (Fsp3) is 0.214. The Morgan fingerprint density at radius 1 is 1.38 bits per heavy atom. The third kappa shape index (κ3) is 3.41. The number of benzene rings is 1. The van der Waals surface area contributed by atoms with Crippen molar-refractivity contribution in [3.63, 3.8) is 0 Å². The third-order valence-electron chi connectivity index (χ3n) is 2.88. The Bertz CT molecular complexity index is 697. The molecular weight excluding hydrogens is 294 g/mol. The highest BCUT2D eigenvalue weighted by Gasteiger charge is 2.23. The van der Waals surface area contributed by atoms with E-state index in [0.717, 1.165) is 4.90 Å². The molecule has 21 heavy (non-hydrogen) atoms. The lowest BCUT2D eigenvalue weighted by Gasteiger charge is -2.21. The van der Waals surface area contributed by atoms with Gasteiger partial charge in [-0.3, -0.25) is 19.2 Å². The van der Waals surface area contributed by atoms with Crippen LogP contribution in [0.15, 0.2) is 30.3 Å². The third-order valence-corrected chi connectivity index (χ3v) is 3.11. The van der Waals surface area contributed by atoms with Crippen molar-refractivity contribution in [3.8, 4) is 0 Å². The van der Waals surface area contributed by atoms with E-state index in [9.17, 15) is 9.59 Å². The fourth-order valence-corrected chi connectivity index (χ4v) is 2.19. The molecule has 0 unspecified atom stereocenters. The largest absolute Gasteiger partial charge is 0.480 e. The minimum atomic E-state index is -1.11. The van der Waals surface area contributed by atoms with Gasteiger partial charge in [0.1, 0.15) is 12.2 Å². The Morgan fingerprint density at radius 3 is 2.62 bits per heavy atom. The van der Waals surface area contributed by atoms with E-state index < -0.39 is 18.4 Å². The van der Waals surface area contributed by atoms with Crippen LogP contribution < -0.4 is 4.90 Å². The Labute approximate surface area is 126 Å². The second kappa shape index (κ2) is 5.97. The molecule has 1 heterocycles. The molecule has 0 spiro atoms. The van der Waals surface area contributed by atoms with Gasteiger partial charge in [0.15, 0.2) is 0 Å². The number of aromatic nitrogens is 2. The number of carboxylic acids is 1. The van der Waals surface area contributed by atoms with Gasteiger partial charge in [-0.15, -0.1) is 0 Å². The maximum Gasteiger partial charge on any atom is 0.323 e. The van der Waals surface area contributed by atoms with Crippen LogP contribution in [0.2, 0.25) is 5.02 Å². The molecule has 0 radical (unpaired) electrons. The van der Waals surface area contributed by atoms with Crippen molar-refractivity contribution in [1.82, 2.24) is 9.78 Å². The number of carbonyl (C=O) groups excluding carboxylic acids is 1. The van der Waals surface area contributed by atoms with Crippen molar-refractivity contribution >= 4 is 29.2 Å². The molecule has 2 rings (SSSR count). The van der Waals surface area contributed by atoms with Gasteiger partial charge in [-0.2, -0.15) is 5.10 Å². The summed E-state index contributed by atoms with van der Waals surface area (Å²) in [5.74, 6) is -1.55. The quantitative estimate of drug-likeness (QED) is 0.938. The van der Waals surface area contributed by atoms with Crippen LogP contribution in [-0.4, -0.2) is 33.3 Å². The van der Waals surface area contributed by atoms with Gasteiger partial charge in [-0.1, -0.05) is 17.7 Å². The van der Waals surface area contributed by atoms with Crippen LogP contribution in [0, 0.1) is 6.92 Å². The molecule has 110 valence electrons. The first-order chi connectivity index (χ1) is 9.88. The molecule has 1 amide bonds. The molecule has 0 aliphatic carbocycles. The van der Waals surface area contributed by atoms with Crippen LogP contribution in [0.3, 0.4) is 0 Å². The molecule has 1 N–H and O–H groups in total. The summed E-state index contributed by atoms with van der Waals surface area (Å²) in [7, 11) is 1.64. The van der Waals surface area contributed by atoms with Crippen LogP contribution in [0.4, 0.5) is 5.69 Å². The molecule has 2 aromatic rings. The number of hydrogen-bond acceptors (Lipinski definition) is 3. The highest BCUT2D eigenvalue weighted by molar-refractivity contribution is 6.31. The lowest BCUT2D eigenvalue weighted by molar-refractivity contribution is -0.135. The topological polar surface area (TPSA) is 75.4 Å². The number of carbonyl (C=O) groups is 2. The summed E-state index contributed by atoms with van der Waals surface area (Å²) in [4.78, 5) is 24.8. The molecule has 0 fully saturated rings. The summed E-state index contributed by atoms with van der Waals surface area (Å²) in [6.07, 6.45) is 0. The Kier molecular flexibility index (Phi) is 4.28. The molecule has 0 bridgehead atoms. The predicted molar refractivity (Wildman–Crippen MR) is 78.7 cm³/mol. The zero-order chi connectivity index (χ0) is 15.6. The number of aliphatic carboxylic acids is 1. The first-order valence-electron chi connectivity index (χ1n) is 6.18. The zero-order valence-electron chi connectivity index (χ0n) is 11.6. The highest BCUT2D eigenvalue weighted by atomic mass is 35.5. The highest BCUT2D eigenvalue weighted by Crippen LogP contribution is 2.21. The van der Waals surface area contributed by atoms with Gasteiger partial charge < -0.3 is 5.11 Å². The van der Waals surface area contributed by atoms with E-state index in [4.69, 9.17) is 16.7 Å². The van der Waals surface area contributed by atoms with Crippen LogP contribution >= 0.6 is 11.6 Å². The molecule has 0 saturated heterocycles. The number of carboxylic acid groups (broad SMARTS) is 1. The minimum Gasteiger partial charge on any atom is -0.480 e. The molecule has 1 aromatic heterocycles. The van der Waals surface area contributed by atoms with E-state index in [1.807, 2.05) is 0 Å². The SMILES string of the molecule is Cc1cc(C(=O)N(CC(=O)O)c2cccc(Cl)c2)n(C)n1. The smallest absolute Gasteiger partial charge is 0.323 e. The summed E-state index contributed by atoms with van der Waals surface area (Å²) >= 11 is 5.91. The number of nitrogens with zero attached hydrogens (tertiary/aromatic N) is 3. The number of rotatable bonds is 4. The van der Waals surface area contributed by atoms with E-state index in [1.165, 1.54) is 4.68 Å². The zero-order valence-corrected chi connectivity index (χ0v) is 12.3. The summed E-state index contributed by atoms with van der Waals surface area (Å²) in [6.45, 7) is 1.31. The second-order valence-corrected chi connectivity index (χ2v) is 5.00. The maximum absolute atomic E-state index is 12.6. The maximum atomic E-state index is 12.6. The number of anilines is 1. The lowest BCUT2D eigenvalue weighted by Crippen LogP contribution is -2.36. The normalized spacial score (nSPS) is 10.4.